The number of fused-ring (bicyclic) bond motifs is 2. The number of pyridine rings is 1. The molecule has 0 saturated heterocycles. The lowest BCUT2D eigenvalue weighted by atomic mass is 10.0. The first-order chi connectivity index (χ1) is 16.2. The van der Waals surface area contributed by atoms with E-state index in [9.17, 15) is 9.59 Å². The molecule has 2 amide bonds. The van der Waals surface area contributed by atoms with Crippen molar-refractivity contribution in [2.24, 2.45) is 0 Å². The molecule has 0 radical (unpaired) electrons. The summed E-state index contributed by atoms with van der Waals surface area (Å²) in [4.78, 5) is 34.6. The van der Waals surface area contributed by atoms with Gasteiger partial charge in [-0.05, 0) is 54.7 Å². The summed E-state index contributed by atoms with van der Waals surface area (Å²) < 4.78 is 1.87. The predicted octanol–water partition coefficient (Wildman–Crippen LogP) is 2.87. The van der Waals surface area contributed by atoms with Gasteiger partial charge in [-0.1, -0.05) is 24.3 Å². The third kappa shape index (κ3) is 4.49. The zero-order chi connectivity index (χ0) is 22.6. The van der Waals surface area contributed by atoms with Crippen LogP contribution < -0.4 is 10.2 Å². The molecule has 0 spiro atoms. The fraction of sp³-hybridized carbons (Fsp3) is 0.346. The van der Waals surface area contributed by atoms with Gasteiger partial charge in [0.2, 0.25) is 5.91 Å². The van der Waals surface area contributed by atoms with Crippen molar-refractivity contribution in [3.63, 3.8) is 0 Å². The van der Waals surface area contributed by atoms with Crippen LogP contribution in [0.5, 0.6) is 0 Å². The Hall–Kier alpha value is -3.61. The van der Waals surface area contributed by atoms with Crippen LogP contribution in [0.4, 0.5) is 5.69 Å². The predicted molar refractivity (Wildman–Crippen MR) is 127 cm³/mol. The summed E-state index contributed by atoms with van der Waals surface area (Å²) in [6.45, 7) is 3.36. The highest BCUT2D eigenvalue weighted by atomic mass is 16.2. The van der Waals surface area contributed by atoms with E-state index in [-0.39, 0.29) is 11.8 Å². The number of carbonyl (C=O) groups excluding carboxylic acids is 2. The maximum absolute atomic E-state index is 13.2. The fourth-order valence-electron chi connectivity index (χ4n) is 4.88. The van der Waals surface area contributed by atoms with Gasteiger partial charge in [0, 0.05) is 50.5 Å². The maximum Gasteiger partial charge on any atom is 0.271 e. The summed E-state index contributed by atoms with van der Waals surface area (Å²) in [5, 5.41) is 3.09. The van der Waals surface area contributed by atoms with Gasteiger partial charge < -0.3 is 19.7 Å². The molecule has 7 heteroatoms. The van der Waals surface area contributed by atoms with Gasteiger partial charge >= 0.3 is 0 Å². The Morgan fingerprint density at radius 2 is 2.03 bits per heavy atom. The normalized spacial score (nSPS) is 17.5. The number of hydrogen-bond donors (Lipinski definition) is 1. The van der Waals surface area contributed by atoms with Crippen molar-refractivity contribution in [1.29, 1.82) is 0 Å². The molecule has 170 valence electrons. The van der Waals surface area contributed by atoms with E-state index < -0.39 is 6.04 Å². The number of aromatic nitrogens is 2. The molecule has 1 N–H and O–H groups in total. The van der Waals surface area contributed by atoms with Crippen molar-refractivity contribution in [1.82, 2.24) is 19.8 Å². The van der Waals surface area contributed by atoms with Gasteiger partial charge in [-0.2, -0.15) is 0 Å². The average molecular weight is 444 g/mol. The second kappa shape index (κ2) is 9.48. The van der Waals surface area contributed by atoms with E-state index in [4.69, 9.17) is 0 Å². The molecule has 5 rings (SSSR count). The topological polar surface area (TPSA) is 70.5 Å². The number of rotatable bonds is 7. The van der Waals surface area contributed by atoms with Gasteiger partial charge in [0.1, 0.15) is 11.7 Å². The van der Waals surface area contributed by atoms with Gasteiger partial charge in [-0.15, -0.1) is 0 Å². The van der Waals surface area contributed by atoms with Crippen LogP contribution in [-0.4, -0.2) is 51.9 Å². The van der Waals surface area contributed by atoms with E-state index in [1.807, 2.05) is 35.0 Å². The number of aryl methyl sites for hydroxylation is 1. The monoisotopic (exact) mass is 443 g/mol. The molecule has 1 unspecified atom stereocenters. The van der Waals surface area contributed by atoms with Crippen LogP contribution in [0.1, 0.15) is 34.5 Å². The number of amides is 2. The lowest BCUT2D eigenvalue weighted by Crippen LogP contribution is -2.54. The largest absolute Gasteiger partial charge is 0.371 e. The van der Waals surface area contributed by atoms with E-state index >= 15 is 0 Å². The molecule has 7 nitrogen and oxygen atoms in total. The molecule has 2 aliphatic rings. The molecular weight excluding hydrogens is 414 g/mol. The molecular formula is C26H29N5O2. The summed E-state index contributed by atoms with van der Waals surface area (Å²) in [5.41, 5.74) is 4.25. The Morgan fingerprint density at radius 1 is 1.12 bits per heavy atom. The lowest BCUT2D eigenvalue weighted by molar-refractivity contribution is -0.126. The lowest BCUT2D eigenvalue weighted by Gasteiger charge is -2.36. The Kier molecular flexibility index (Phi) is 6.11. The number of nitrogens with one attached hydrogen (secondary N) is 1. The highest BCUT2D eigenvalue weighted by Gasteiger charge is 2.36. The van der Waals surface area contributed by atoms with Gasteiger partial charge in [-0.25, -0.2) is 0 Å². The number of nitrogens with zero attached hydrogens (tertiary/aromatic N) is 4. The second-order valence-corrected chi connectivity index (χ2v) is 8.72. The minimum Gasteiger partial charge on any atom is -0.371 e. The third-order valence-electron chi connectivity index (χ3n) is 6.54. The number of para-hydroxylation sites is 1. The molecule has 1 atom stereocenters. The van der Waals surface area contributed by atoms with Crippen LogP contribution in [0.3, 0.4) is 0 Å². The summed E-state index contributed by atoms with van der Waals surface area (Å²) in [6.07, 6.45) is 8.47. The number of hydrogen-bond acceptors (Lipinski definition) is 4. The van der Waals surface area contributed by atoms with Crippen molar-refractivity contribution in [2.75, 3.05) is 24.5 Å². The van der Waals surface area contributed by atoms with Crippen molar-refractivity contribution < 1.29 is 9.59 Å². The Bertz CT molecular complexity index is 1130. The van der Waals surface area contributed by atoms with Gasteiger partial charge in [0.05, 0.1) is 6.54 Å². The number of benzene rings is 1. The molecule has 0 bridgehead atoms. The molecule has 2 aromatic heterocycles. The van der Waals surface area contributed by atoms with E-state index in [1.165, 1.54) is 11.3 Å². The van der Waals surface area contributed by atoms with Crippen LogP contribution in [0.2, 0.25) is 0 Å². The molecule has 33 heavy (non-hydrogen) atoms. The molecule has 1 aromatic carbocycles. The molecule has 2 aliphatic heterocycles. The fourth-order valence-corrected chi connectivity index (χ4v) is 4.88. The van der Waals surface area contributed by atoms with Crippen LogP contribution in [-0.2, 0) is 24.3 Å². The first kappa shape index (κ1) is 21.2. The summed E-state index contributed by atoms with van der Waals surface area (Å²) >= 11 is 0. The highest BCUT2D eigenvalue weighted by Crippen LogP contribution is 2.26. The van der Waals surface area contributed by atoms with Crippen molar-refractivity contribution in [3.05, 3.63) is 83.9 Å². The third-order valence-corrected chi connectivity index (χ3v) is 6.54. The van der Waals surface area contributed by atoms with E-state index in [0.717, 1.165) is 37.9 Å². The SMILES string of the molecule is O=C(NCCCN1CCCc2ccccc21)C1Cn2cccc2C(=O)N1Cc1cccnc1. The maximum atomic E-state index is 13.2. The summed E-state index contributed by atoms with van der Waals surface area (Å²) in [6, 6.07) is 15.5. The van der Waals surface area contributed by atoms with Gasteiger partial charge in [-0.3, -0.25) is 14.6 Å². The summed E-state index contributed by atoms with van der Waals surface area (Å²) in [5.74, 6) is -0.231. The van der Waals surface area contributed by atoms with Crippen molar-refractivity contribution >= 4 is 17.5 Å². The van der Waals surface area contributed by atoms with E-state index in [1.54, 1.807) is 17.3 Å². The first-order valence-electron chi connectivity index (χ1n) is 11.7. The highest BCUT2D eigenvalue weighted by molar-refractivity contribution is 5.97. The molecule has 4 heterocycles. The van der Waals surface area contributed by atoms with E-state index in [2.05, 4.69) is 39.5 Å². The van der Waals surface area contributed by atoms with Crippen molar-refractivity contribution in [3.8, 4) is 0 Å². The van der Waals surface area contributed by atoms with E-state index in [0.29, 0.717) is 25.3 Å². The Balaban J connectivity index is 1.22. The molecule has 0 saturated carbocycles. The number of carbonyl (C=O) groups is 2. The minimum atomic E-state index is -0.548. The Morgan fingerprint density at radius 3 is 2.91 bits per heavy atom. The second-order valence-electron chi connectivity index (χ2n) is 8.72. The van der Waals surface area contributed by atoms with Gasteiger partial charge in [0.15, 0.2) is 0 Å². The molecule has 0 aliphatic carbocycles. The van der Waals surface area contributed by atoms with Crippen LogP contribution in [0.15, 0.2) is 67.1 Å². The zero-order valence-electron chi connectivity index (χ0n) is 18.7. The van der Waals surface area contributed by atoms with Crippen molar-refractivity contribution in [2.45, 2.75) is 38.4 Å². The van der Waals surface area contributed by atoms with Gasteiger partial charge in [0.25, 0.3) is 5.91 Å². The van der Waals surface area contributed by atoms with Crippen LogP contribution in [0.25, 0.3) is 0 Å². The quantitative estimate of drug-likeness (QED) is 0.570. The zero-order valence-corrected chi connectivity index (χ0v) is 18.7. The molecule has 0 fully saturated rings. The average Bonchev–Trinajstić information content (AvgIpc) is 3.33. The summed E-state index contributed by atoms with van der Waals surface area (Å²) in [7, 11) is 0. The Labute approximate surface area is 194 Å². The van der Waals surface area contributed by atoms with Crippen LogP contribution in [0, 0.1) is 0 Å². The van der Waals surface area contributed by atoms with Crippen LogP contribution >= 0.6 is 0 Å². The smallest absolute Gasteiger partial charge is 0.271 e. The minimum absolute atomic E-state index is 0.106. The first-order valence-corrected chi connectivity index (χ1v) is 11.7. The number of anilines is 1. The standard InChI is InChI=1S/C26H29N5O2/c32-25(28-13-6-16-29-14-4-9-21-8-1-2-10-22(21)29)24-19-30-15-5-11-23(30)26(33)31(24)18-20-7-3-12-27-17-20/h1-3,5,7-8,10-12,15,17,24H,4,6,9,13-14,16,18-19H2,(H,28,32). The molecule has 3 aromatic rings.